The van der Waals surface area contributed by atoms with Gasteiger partial charge >= 0.3 is 0 Å². The van der Waals surface area contributed by atoms with E-state index < -0.39 is 0 Å². The van der Waals surface area contributed by atoms with E-state index in [-0.39, 0.29) is 0 Å². The lowest BCUT2D eigenvalue weighted by Crippen LogP contribution is -2.05. The first-order valence-electron chi connectivity index (χ1n) is 10.3. The van der Waals surface area contributed by atoms with Crippen molar-refractivity contribution in [2.24, 2.45) is 0 Å². The summed E-state index contributed by atoms with van der Waals surface area (Å²) < 4.78 is 4.39. The van der Waals surface area contributed by atoms with Gasteiger partial charge in [0.1, 0.15) is 5.82 Å². The van der Waals surface area contributed by atoms with Crippen LogP contribution in [0.2, 0.25) is 0 Å². The van der Waals surface area contributed by atoms with Crippen molar-refractivity contribution >= 4 is 11.0 Å². The van der Waals surface area contributed by atoms with Crippen LogP contribution >= 0.6 is 0 Å². The van der Waals surface area contributed by atoms with Crippen LogP contribution in [0.15, 0.2) is 85.5 Å². The number of rotatable bonds is 4. The van der Waals surface area contributed by atoms with E-state index in [1.54, 1.807) is 6.20 Å². The van der Waals surface area contributed by atoms with Crippen LogP contribution in [0.4, 0.5) is 0 Å². The zero-order valence-electron chi connectivity index (χ0n) is 16.5. The topological polar surface area (TPSA) is 48.5 Å². The van der Waals surface area contributed by atoms with Crippen molar-refractivity contribution in [2.75, 3.05) is 0 Å². The Morgan fingerprint density at radius 2 is 1.87 bits per heavy atom. The second kappa shape index (κ2) is 6.95. The molecule has 1 atom stereocenters. The summed E-state index contributed by atoms with van der Waals surface area (Å²) in [5.41, 5.74) is 7.05. The first-order chi connectivity index (χ1) is 14.8. The zero-order valence-corrected chi connectivity index (χ0v) is 16.5. The minimum absolute atomic E-state index is 0.356. The number of imidazole rings is 1. The first kappa shape index (κ1) is 17.2. The second-order valence-electron chi connectivity index (χ2n) is 7.85. The predicted molar refractivity (Wildman–Crippen MR) is 117 cm³/mol. The van der Waals surface area contributed by atoms with Gasteiger partial charge in [0.2, 0.25) is 0 Å². The Hall–Kier alpha value is -3.73. The van der Waals surface area contributed by atoms with E-state index in [9.17, 15) is 0 Å². The van der Waals surface area contributed by atoms with E-state index in [4.69, 9.17) is 4.98 Å². The van der Waals surface area contributed by atoms with Crippen molar-refractivity contribution in [3.05, 3.63) is 102 Å². The molecule has 1 aliphatic heterocycles. The van der Waals surface area contributed by atoms with Crippen LogP contribution in [-0.4, -0.2) is 24.3 Å². The minimum Gasteiger partial charge on any atom is -0.320 e. The summed E-state index contributed by atoms with van der Waals surface area (Å²) in [5.74, 6) is 1.18. The Bertz CT molecular complexity index is 1320. The molecule has 0 saturated heterocycles. The molecule has 6 rings (SSSR count). The number of aryl methyl sites for hydroxylation is 1. The van der Waals surface area contributed by atoms with Crippen molar-refractivity contribution in [1.82, 2.24) is 24.3 Å². The van der Waals surface area contributed by atoms with Crippen LogP contribution in [0.1, 0.15) is 29.4 Å². The van der Waals surface area contributed by atoms with Crippen LogP contribution < -0.4 is 0 Å². The number of hydrogen-bond donors (Lipinski definition) is 0. The Balaban J connectivity index is 1.37. The van der Waals surface area contributed by atoms with Gasteiger partial charge in [-0.2, -0.15) is 5.10 Å². The number of hydrogen-bond acceptors (Lipinski definition) is 3. The highest BCUT2D eigenvalue weighted by Crippen LogP contribution is 2.36. The molecule has 5 heteroatoms. The number of benzene rings is 2. The maximum Gasteiger partial charge on any atom is 0.110 e. The molecule has 1 unspecified atom stereocenters. The van der Waals surface area contributed by atoms with Gasteiger partial charge in [0, 0.05) is 30.6 Å². The van der Waals surface area contributed by atoms with Crippen LogP contribution in [0, 0.1) is 0 Å². The van der Waals surface area contributed by atoms with E-state index in [1.807, 2.05) is 23.1 Å². The number of pyridine rings is 1. The Labute approximate surface area is 174 Å². The van der Waals surface area contributed by atoms with Crippen molar-refractivity contribution < 1.29 is 0 Å². The molecule has 0 spiro atoms. The molecular weight excluding hydrogens is 370 g/mol. The lowest BCUT2D eigenvalue weighted by atomic mass is 10.0. The maximum absolute atomic E-state index is 4.90. The molecule has 30 heavy (non-hydrogen) atoms. The monoisotopic (exact) mass is 391 g/mol. The van der Waals surface area contributed by atoms with Crippen molar-refractivity contribution in [2.45, 2.75) is 25.4 Å². The molecule has 5 nitrogen and oxygen atoms in total. The van der Waals surface area contributed by atoms with Crippen molar-refractivity contribution in [1.29, 1.82) is 0 Å². The van der Waals surface area contributed by atoms with E-state index in [0.29, 0.717) is 12.6 Å². The van der Waals surface area contributed by atoms with Crippen LogP contribution in [0.5, 0.6) is 0 Å². The fraction of sp³-hybridized carbons (Fsp3) is 0.160. The molecule has 4 heterocycles. The Morgan fingerprint density at radius 3 is 2.73 bits per heavy atom. The van der Waals surface area contributed by atoms with Gasteiger partial charge in [0.05, 0.1) is 29.8 Å². The van der Waals surface area contributed by atoms with Crippen molar-refractivity contribution in [3.63, 3.8) is 0 Å². The molecule has 0 bridgehead atoms. The highest BCUT2D eigenvalue weighted by molar-refractivity contribution is 5.83. The summed E-state index contributed by atoms with van der Waals surface area (Å²) in [4.78, 5) is 9.09. The molecule has 2 aromatic carbocycles. The van der Waals surface area contributed by atoms with Crippen LogP contribution in [-0.2, 0) is 13.0 Å². The lowest BCUT2D eigenvalue weighted by Gasteiger charge is -2.15. The number of nitrogens with zero attached hydrogens (tertiary/aromatic N) is 5. The average molecular weight is 391 g/mol. The maximum atomic E-state index is 4.90. The summed E-state index contributed by atoms with van der Waals surface area (Å²) in [6, 6.07) is 21.7. The largest absolute Gasteiger partial charge is 0.320 e. The molecule has 0 N–H and O–H groups in total. The zero-order chi connectivity index (χ0) is 19.9. The molecule has 5 aromatic rings. The third-order valence-corrected chi connectivity index (χ3v) is 5.93. The SMILES string of the molecule is c1ccc(C2CCc3nc4ccc(-c5cnn(Cc6cccnc6)c5)cc4n32)cc1. The minimum atomic E-state index is 0.356. The third kappa shape index (κ3) is 2.90. The van der Waals surface area contributed by atoms with E-state index >= 15 is 0 Å². The molecule has 0 fully saturated rings. The van der Waals surface area contributed by atoms with Gasteiger partial charge in [0.25, 0.3) is 0 Å². The lowest BCUT2D eigenvalue weighted by molar-refractivity contribution is 0.637. The molecule has 146 valence electrons. The normalized spacial score (nSPS) is 15.5. The summed E-state index contributed by atoms with van der Waals surface area (Å²) in [6.07, 6.45) is 9.84. The van der Waals surface area contributed by atoms with Gasteiger partial charge in [-0.1, -0.05) is 42.5 Å². The van der Waals surface area contributed by atoms with E-state index in [2.05, 4.69) is 75.4 Å². The molecular formula is C25H21N5. The number of fused-ring (bicyclic) bond motifs is 3. The summed E-state index contributed by atoms with van der Waals surface area (Å²) in [5, 5.41) is 4.56. The fourth-order valence-corrected chi connectivity index (χ4v) is 4.51. The van der Waals surface area contributed by atoms with Gasteiger partial charge in [-0.15, -0.1) is 0 Å². The Morgan fingerprint density at radius 1 is 0.933 bits per heavy atom. The second-order valence-corrected chi connectivity index (χ2v) is 7.85. The van der Waals surface area contributed by atoms with Crippen LogP contribution in [0.25, 0.3) is 22.2 Å². The third-order valence-electron chi connectivity index (χ3n) is 5.93. The average Bonchev–Trinajstić information content (AvgIpc) is 3.50. The number of aromatic nitrogens is 5. The molecule has 0 amide bonds. The standard InChI is InChI=1S/C25H21N5/c1-2-6-19(7-3-1)23-10-11-25-28-22-9-8-20(13-24(22)30(23)25)21-15-27-29(17-21)16-18-5-4-12-26-14-18/h1-9,12-15,17,23H,10-11,16H2. The van der Waals surface area contributed by atoms with Gasteiger partial charge in [-0.3, -0.25) is 9.67 Å². The van der Waals surface area contributed by atoms with E-state index in [1.165, 1.54) is 22.5 Å². The molecule has 0 aliphatic carbocycles. The van der Waals surface area contributed by atoms with Gasteiger partial charge in [0.15, 0.2) is 0 Å². The predicted octanol–water partition coefficient (Wildman–Crippen LogP) is 4.88. The molecule has 3 aromatic heterocycles. The summed E-state index contributed by atoms with van der Waals surface area (Å²) in [6.45, 7) is 0.717. The van der Waals surface area contributed by atoms with Gasteiger partial charge < -0.3 is 4.57 Å². The fourth-order valence-electron chi connectivity index (χ4n) is 4.51. The highest BCUT2D eigenvalue weighted by Gasteiger charge is 2.27. The molecule has 0 radical (unpaired) electrons. The van der Waals surface area contributed by atoms with E-state index in [0.717, 1.165) is 29.5 Å². The Kier molecular flexibility index (Phi) is 3.98. The van der Waals surface area contributed by atoms with Crippen molar-refractivity contribution in [3.8, 4) is 11.1 Å². The smallest absolute Gasteiger partial charge is 0.110 e. The molecule has 1 aliphatic rings. The quantitative estimate of drug-likeness (QED) is 0.439. The van der Waals surface area contributed by atoms with Gasteiger partial charge in [-0.05, 0) is 41.3 Å². The van der Waals surface area contributed by atoms with Gasteiger partial charge in [-0.25, -0.2) is 4.98 Å². The summed E-state index contributed by atoms with van der Waals surface area (Å²) in [7, 11) is 0. The summed E-state index contributed by atoms with van der Waals surface area (Å²) >= 11 is 0. The highest BCUT2D eigenvalue weighted by atomic mass is 15.3. The van der Waals surface area contributed by atoms with Crippen LogP contribution in [0.3, 0.4) is 0 Å². The first-order valence-corrected chi connectivity index (χ1v) is 10.3. The molecule has 0 saturated carbocycles.